The van der Waals surface area contributed by atoms with Crippen molar-refractivity contribution in [2.45, 2.75) is 33.1 Å². The lowest BCUT2D eigenvalue weighted by atomic mass is 9.97. The van der Waals surface area contributed by atoms with Crippen LogP contribution in [0.4, 0.5) is 0 Å². The second kappa shape index (κ2) is 1.42. The molecule has 0 aromatic heterocycles. The van der Waals surface area contributed by atoms with Crippen LogP contribution in [0.2, 0.25) is 0 Å². The highest BCUT2D eigenvalue weighted by Gasteiger charge is 2.56. The predicted molar refractivity (Wildman–Crippen MR) is 39.2 cm³/mol. The van der Waals surface area contributed by atoms with E-state index >= 15 is 0 Å². The van der Waals surface area contributed by atoms with Gasteiger partial charge >= 0.3 is 0 Å². The van der Waals surface area contributed by atoms with Crippen molar-refractivity contribution >= 4 is 0 Å². The van der Waals surface area contributed by atoms with Crippen LogP contribution in [-0.2, 0) is 0 Å². The number of allylic oxidation sites excluding steroid dienone is 2. The molecule has 0 heteroatoms. The maximum Gasteiger partial charge on any atom is -0.00218 e. The molecule has 2 aliphatic rings. The molecule has 0 spiro atoms. The fraction of sp³-hybridized carbons (Fsp3) is 0.778. The summed E-state index contributed by atoms with van der Waals surface area (Å²) in [6.07, 6.45) is 6.63. The fourth-order valence-corrected chi connectivity index (χ4v) is 2.55. The van der Waals surface area contributed by atoms with Crippen LogP contribution in [0.3, 0.4) is 0 Å². The molecular weight excluding hydrogens is 108 g/mol. The van der Waals surface area contributed by atoms with Crippen LogP contribution in [0.1, 0.15) is 33.1 Å². The largest absolute Gasteiger partial charge is 0.0844 e. The lowest BCUT2D eigenvalue weighted by molar-refractivity contribution is 0.440. The van der Waals surface area contributed by atoms with Crippen molar-refractivity contribution in [2.24, 2.45) is 11.3 Å². The van der Waals surface area contributed by atoms with E-state index in [1.165, 1.54) is 19.3 Å². The van der Waals surface area contributed by atoms with Crippen molar-refractivity contribution in [2.75, 3.05) is 0 Å². The van der Waals surface area contributed by atoms with Crippen LogP contribution >= 0.6 is 0 Å². The standard InChI is InChI=1S/C9H14/c1-3-9-6-4-5-8(9)7(9)2/h5,7H,3-4,6H2,1-2H3. The molecule has 2 atom stereocenters. The third-order valence-electron chi connectivity index (χ3n) is 3.37. The van der Waals surface area contributed by atoms with Gasteiger partial charge in [-0.1, -0.05) is 25.5 Å². The molecular formula is C9H14. The Hall–Kier alpha value is -0.260. The average molecular weight is 122 g/mol. The van der Waals surface area contributed by atoms with Gasteiger partial charge in [-0.2, -0.15) is 0 Å². The van der Waals surface area contributed by atoms with Crippen molar-refractivity contribution in [1.29, 1.82) is 0 Å². The molecule has 0 bridgehead atoms. The Morgan fingerprint density at radius 1 is 1.78 bits per heavy atom. The van der Waals surface area contributed by atoms with Gasteiger partial charge in [0.05, 0.1) is 0 Å². The molecule has 2 aliphatic carbocycles. The van der Waals surface area contributed by atoms with Gasteiger partial charge in [-0.15, -0.1) is 0 Å². The minimum atomic E-state index is 0.722. The van der Waals surface area contributed by atoms with Crippen LogP contribution in [0.25, 0.3) is 0 Å². The molecule has 50 valence electrons. The van der Waals surface area contributed by atoms with Crippen molar-refractivity contribution < 1.29 is 0 Å². The summed E-state index contributed by atoms with van der Waals surface area (Å²) in [7, 11) is 0. The highest BCUT2D eigenvalue weighted by Crippen LogP contribution is 2.66. The molecule has 0 nitrogen and oxygen atoms in total. The first-order valence-corrected chi connectivity index (χ1v) is 4.02. The molecule has 0 aromatic carbocycles. The van der Waals surface area contributed by atoms with Gasteiger partial charge in [-0.3, -0.25) is 0 Å². The van der Waals surface area contributed by atoms with Crippen LogP contribution < -0.4 is 0 Å². The maximum atomic E-state index is 2.45. The molecule has 0 amide bonds. The zero-order chi connectivity index (χ0) is 6.48. The van der Waals surface area contributed by atoms with E-state index in [0.717, 1.165) is 11.3 Å². The van der Waals surface area contributed by atoms with E-state index in [0.29, 0.717) is 0 Å². The number of fused-ring (bicyclic) bond motifs is 1. The summed E-state index contributed by atoms with van der Waals surface area (Å²) in [5, 5.41) is 0. The molecule has 0 saturated heterocycles. The molecule has 2 unspecified atom stereocenters. The topological polar surface area (TPSA) is 0 Å². The quantitative estimate of drug-likeness (QED) is 0.469. The van der Waals surface area contributed by atoms with E-state index in [-0.39, 0.29) is 0 Å². The van der Waals surface area contributed by atoms with Gasteiger partial charge in [-0.25, -0.2) is 0 Å². The highest BCUT2D eigenvalue weighted by atomic mass is 14.6. The lowest BCUT2D eigenvalue weighted by Crippen LogP contribution is -1.97. The highest BCUT2D eigenvalue weighted by molar-refractivity contribution is 5.40. The summed E-state index contributed by atoms with van der Waals surface area (Å²) in [5.74, 6) is 0.941. The van der Waals surface area contributed by atoms with Crippen LogP contribution in [0, 0.1) is 11.3 Å². The molecule has 0 heterocycles. The van der Waals surface area contributed by atoms with Gasteiger partial charge in [0.2, 0.25) is 0 Å². The van der Waals surface area contributed by atoms with Gasteiger partial charge < -0.3 is 0 Å². The second-order valence-electron chi connectivity index (χ2n) is 3.43. The van der Waals surface area contributed by atoms with E-state index in [4.69, 9.17) is 0 Å². The molecule has 1 saturated carbocycles. The minimum absolute atomic E-state index is 0.722. The zero-order valence-electron chi connectivity index (χ0n) is 6.28. The first kappa shape index (κ1) is 5.52. The summed E-state index contributed by atoms with van der Waals surface area (Å²) in [5.41, 5.74) is 2.49. The molecule has 9 heavy (non-hydrogen) atoms. The van der Waals surface area contributed by atoms with Gasteiger partial charge in [0.1, 0.15) is 0 Å². The van der Waals surface area contributed by atoms with Crippen molar-refractivity contribution in [3.63, 3.8) is 0 Å². The number of rotatable bonds is 1. The number of hydrogen-bond donors (Lipinski definition) is 0. The fourth-order valence-electron chi connectivity index (χ4n) is 2.55. The Bertz CT molecular complexity index is 167. The van der Waals surface area contributed by atoms with E-state index in [1.54, 1.807) is 5.57 Å². The summed E-state index contributed by atoms with van der Waals surface area (Å²) in [6.45, 7) is 4.69. The Morgan fingerprint density at radius 2 is 2.56 bits per heavy atom. The third-order valence-corrected chi connectivity index (χ3v) is 3.37. The van der Waals surface area contributed by atoms with Crippen molar-refractivity contribution in [3.05, 3.63) is 11.6 Å². The van der Waals surface area contributed by atoms with Crippen LogP contribution in [0.15, 0.2) is 11.6 Å². The smallest absolute Gasteiger partial charge is 0.00218 e. The summed E-state index contributed by atoms with van der Waals surface area (Å²) in [6, 6.07) is 0. The van der Waals surface area contributed by atoms with E-state index in [2.05, 4.69) is 19.9 Å². The minimum Gasteiger partial charge on any atom is -0.0844 e. The van der Waals surface area contributed by atoms with Crippen molar-refractivity contribution in [1.82, 2.24) is 0 Å². The van der Waals surface area contributed by atoms with Gasteiger partial charge in [0.15, 0.2) is 0 Å². The summed E-state index contributed by atoms with van der Waals surface area (Å²) >= 11 is 0. The normalized spacial score (nSPS) is 46.4. The Balaban J connectivity index is 2.27. The molecule has 1 fully saturated rings. The SMILES string of the molecule is CCC12CCC=C1C2C. The Kier molecular flexibility index (Phi) is 0.870. The maximum absolute atomic E-state index is 2.45. The first-order valence-electron chi connectivity index (χ1n) is 4.02. The summed E-state index contributed by atoms with van der Waals surface area (Å²) in [4.78, 5) is 0. The van der Waals surface area contributed by atoms with Crippen LogP contribution in [0.5, 0.6) is 0 Å². The van der Waals surface area contributed by atoms with Gasteiger partial charge in [0.25, 0.3) is 0 Å². The Labute approximate surface area is 57.0 Å². The molecule has 0 radical (unpaired) electrons. The lowest BCUT2D eigenvalue weighted by Gasteiger charge is -2.07. The van der Waals surface area contributed by atoms with Crippen LogP contribution in [-0.4, -0.2) is 0 Å². The zero-order valence-corrected chi connectivity index (χ0v) is 6.28. The Morgan fingerprint density at radius 3 is 2.89 bits per heavy atom. The monoisotopic (exact) mass is 122 g/mol. The predicted octanol–water partition coefficient (Wildman–Crippen LogP) is 2.75. The van der Waals surface area contributed by atoms with Gasteiger partial charge in [-0.05, 0) is 30.6 Å². The molecule has 0 aromatic rings. The molecule has 2 rings (SSSR count). The van der Waals surface area contributed by atoms with Crippen molar-refractivity contribution in [3.8, 4) is 0 Å². The van der Waals surface area contributed by atoms with E-state index < -0.39 is 0 Å². The van der Waals surface area contributed by atoms with Gasteiger partial charge in [0, 0.05) is 0 Å². The first-order chi connectivity index (χ1) is 4.31. The van der Waals surface area contributed by atoms with E-state index in [1.807, 2.05) is 0 Å². The number of hydrogen-bond acceptors (Lipinski definition) is 0. The average Bonchev–Trinajstić information content (AvgIpc) is 2.29. The molecule has 0 N–H and O–H groups in total. The molecule has 0 aliphatic heterocycles. The third kappa shape index (κ3) is 0.452. The van der Waals surface area contributed by atoms with E-state index in [9.17, 15) is 0 Å². The second-order valence-corrected chi connectivity index (χ2v) is 3.43. The summed E-state index contributed by atoms with van der Waals surface area (Å²) < 4.78 is 0.